The van der Waals surface area contributed by atoms with Gasteiger partial charge in [-0.15, -0.1) is 23.1 Å². The first-order valence-corrected chi connectivity index (χ1v) is 13.5. The Bertz CT molecular complexity index is 1320. The van der Waals surface area contributed by atoms with E-state index in [1.165, 1.54) is 23.1 Å². The van der Waals surface area contributed by atoms with Crippen molar-refractivity contribution < 1.29 is 14.3 Å². The minimum atomic E-state index is -0.148. The summed E-state index contributed by atoms with van der Waals surface area (Å²) in [5, 5.41) is 8.85. The maximum Gasteiger partial charge on any atom is 0.236 e. The summed E-state index contributed by atoms with van der Waals surface area (Å²) in [7, 11) is 0. The second-order valence-corrected chi connectivity index (χ2v) is 10.1. The summed E-state index contributed by atoms with van der Waals surface area (Å²) in [6.45, 7) is 2.56. The molecule has 0 unspecified atom stereocenters. The fourth-order valence-electron chi connectivity index (χ4n) is 3.31. The van der Waals surface area contributed by atoms with Crippen molar-refractivity contribution in [3.63, 3.8) is 0 Å². The number of rotatable bonds is 10. The lowest BCUT2D eigenvalue weighted by atomic mass is 10.1. The third-order valence-corrected chi connectivity index (χ3v) is 6.98. The van der Waals surface area contributed by atoms with Gasteiger partial charge in [-0.3, -0.25) is 9.59 Å². The van der Waals surface area contributed by atoms with Gasteiger partial charge in [-0.25, -0.2) is 4.98 Å². The number of carbonyl (C=O) groups is 2. The molecule has 0 saturated carbocycles. The van der Waals surface area contributed by atoms with Gasteiger partial charge in [0.15, 0.2) is 5.13 Å². The van der Waals surface area contributed by atoms with Crippen LogP contribution in [0.25, 0.3) is 11.3 Å². The van der Waals surface area contributed by atoms with E-state index in [1.807, 2.05) is 73.0 Å². The molecule has 0 bridgehead atoms. The van der Waals surface area contributed by atoms with Crippen LogP contribution in [-0.2, 0) is 16.0 Å². The zero-order valence-corrected chi connectivity index (χ0v) is 21.9. The molecule has 36 heavy (non-hydrogen) atoms. The summed E-state index contributed by atoms with van der Waals surface area (Å²) < 4.78 is 5.47. The maximum atomic E-state index is 12.5. The second kappa shape index (κ2) is 12.6. The Balaban J connectivity index is 1.27. The molecule has 2 N–H and O–H groups in total. The van der Waals surface area contributed by atoms with Crippen molar-refractivity contribution in [1.29, 1.82) is 0 Å². The molecule has 0 aliphatic heterocycles. The average molecular weight is 538 g/mol. The number of hydrogen-bond donors (Lipinski definition) is 2. The van der Waals surface area contributed by atoms with Gasteiger partial charge in [0.25, 0.3) is 0 Å². The number of amides is 2. The fraction of sp³-hybridized carbons (Fsp3) is 0.148. The lowest BCUT2D eigenvalue weighted by Gasteiger charge is -2.08. The topological polar surface area (TPSA) is 80.3 Å². The normalized spacial score (nSPS) is 10.6. The molecule has 4 rings (SSSR count). The molecule has 2 amide bonds. The molecule has 9 heteroatoms. The zero-order valence-electron chi connectivity index (χ0n) is 19.5. The monoisotopic (exact) mass is 537 g/mol. The number of benzene rings is 3. The lowest BCUT2D eigenvalue weighted by molar-refractivity contribution is -0.115. The second-order valence-electron chi connectivity index (χ2n) is 7.71. The molecule has 0 atom stereocenters. The standard InChI is InChI=1S/C27H24ClN3O3S2/c1-2-34-22-12-8-19(9-13-22)24-16-36-27(30-24)31-26(33)17-35-23-5-3-4-21(15-23)29-25(32)14-18-6-10-20(28)11-7-18/h3-13,15-16H,2,14,17H2,1H3,(H,29,32)(H,30,31,33). The van der Waals surface area contributed by atoms with E-state index in [-0.39, 0.29) is 24.0 Å². The van der Waals surface area contributed by atoms with Gasteiger partial charge in [-0.2, -0.15) is 0 Å². The molecule has 4 aromatic rings. The van der Waals surface area contributed by atoms with Crippen LogP contribution in [0.3, 0.4) is 0 Å². The van der Waals surface area contributed by atoms with Gasteiger partial charge in [0.2, 0.25) is 11.8 Å². The largest absolute Gasteiger partial charge is 0.494 e. The first-order chi connectivity index (χ1) is 17.5. The summed E-state index contributed by atoms with van der Waals surface area (Å²) in [6, 6.07) is 22.3. The summed E-state index contributed by atoms with van der Waals surface area (Å²) in [5.74, 6) is 0.765. The number of thiazole rings is 1. The molecule has 0 spiro atoms. The van der Waals surface area contributed by atoms with E-state index in [4.69, 9.17) is 16.3 Å². The number of ether oxygens (including phenoxy) is 1. The predicted molar refractivity (Wildman–Crippen MR) is 148 cm³/mol. The van der Waals surface area contributed by atoms with Gasteiger partial charge in [0.1, 0.15) is 5.75 Å². The van der Waals surface area contributed by atoms with E-state index in [9.17, 15) is 9.59 Å². The molecule has 1 heterocycles. The van der Waals surface area contributed by atoms with Crippen LogP contribution in [0.2, 0.25) is 5.02 Å². The minimum absolute atomic E-state index is 0.121. The SMILES string of the molecule is CCOc1ccc(-c2csc(NC(=O)CSc3cccc(NC(=O)Cc4ccc(Cl)cc4)c3)n2)cc1. The van der Waals surface area contributed by atoms with Crippen molar-refractivity contribution >= 4 is 57.3 Å². The molecule has 0 aliphatic carbocycles. The summed E-state index contributed by atoms with van der Waals surface area (Å²) in [6.07, 6.45) is 0.253. The minimum Gasteiger partial charge on any atom is -0.494 e. The average Bonchev–Trinajstić information content (AvgIpc) is 3.33. The van der Waals surface area contributed by atoms with Gasteiger partial charge in [0.05, 0.1) is 24.5 Å². The highest BCUT2D eigenvalue weighted by atomic mass is 35.5. The summed E-state index contributed by atoms with van der Waals surface area (Å²) >= 11 is 8.66. The van der Waals surface area contributed by atoms with Gasteiger partial charge in [-0.05, 0) is 67.1 Å². The third-order valence-electron chi connectivity index (χ3n) is 4.98. The highest BCUT2D eigenvalue weighted by molar-refractivity contribution is 8.00. The molecule has 3 aromatic carbocycles. The Morgan fingerprint density at radius 3 is 2.53 bits per heavy atom. The number of thioether (sulfide) groups is 1. The Hall–Kier alpha value is -3.33. The molecule has 0 fully saturated rings. The predicted octanol–water partition coefficient (Wildman–Crippen LogP) is 6.77. The highest BCUT2D eigenvalue weighted by Crippen LogP contribution is 2.27. The van der Waals surface area contributed by atoms with Gasteiger partial charge in [0, 0.05) is 26.5 Å². The Labute approximate surface area is 223 Å². The van der Waals surface area contributed by atoms with Crippen molar-refractivity contribution in [1.82, 2.24) is 4.98 Å². The van der Waals surface area contributed by atoms with Crippen LogP contribution < -0.4 is 15.4 Å². The first-order valence-electron chi connectivity index (χ1n) is 11.2. The van der Waals surface area contributed by atoms with E-state index in [2.05, 4.69) is 15.6 Å². The maximum absolute atomic E-state index is 12.5. The zero-order chi connectivity index (χ0) is 25.3. The van der Waals surface area contributed by atoms with E-state index < -0.39 is 0 Å². The number of anilines is 2. The quantitative estimate of drug-likeness (QED) is 0.218. The van der Waals surface area contributed by atoms with Crippen LogP contribution in [0.1, 0.15) is 12.5 Å². The summed E-state index contributed by atoms with van der Waals surface area (Å²) in [5.41, 5.74) is 3.32. The molecule has 1 aromatic heterocycles. The molecule has 0 saturated heterocycles. The number of carbonyl (C=O) groups excluding carboxylic acids is 2. The van der Waals surface area contributed by atoms with Crippen molar-refractivity contribution in [2.75, 3.05) is 23.0 Å². The number of aromatic nitrogens is 1. The Morgan fingerprint density at radius 1 is 1.00 bits per heavy atom. The van der Waals surface area contributed by atoms with Crippen LogP contribution >= 0.6 is 34.7 Å². The smallest absolute Gasteiger partial charge is 0.236 e. The van der Waals surface area contributed by atoms with E-state index in [0.29, 0.717) is 22.4 Å². The van der Waals surface area contributed by atoms with Crippen molar-refractivity contribution in [2.24, 2.45) is 0 Å². The Kier molecular flexibility index (Phi) is 9.00. The number of hydrogen-bond acceptors (Lipinski definition) is 6. The molecule has 0 radical (unpaired) electrons. The van der Waals surface area contributed by atoms with Crippen LogP contribution in [-0.4, -0.2) is 29.2 Å². The molecular formula is C27H24ClN3O3S2. The molecular weight excluding hydrogens is 514 g/mol. The van der Waals surface area contributed by atoms with Crippen LogP contribution in [0.15, 0.2) is 83.1 Å². The Morgan fingerprint density at radius 2 is 1.78 bits per heavy atom. The number of halogens is 1. The van der Waals surface area contributed by atoms with Crippen LogP contribution in [0, 0.1) is 0 Å². The number of nitrogens with one attached hydrogen (secondary N) is 2. The highest BCUT2D eigenvalue weighted by Gasteiger charge is 2.10. The lowest BCUT2D eigenvalue weighted by Crippen LogP contribution is -2.15. The van der Waals surface area contributed by atoms with Crippen molar-refractivity contribution in [2.45, 2.75) is 18.2 Å². The van der Waals surface area contributed by atoms with Crippen molar-refractivity contribution in [3.05, 3.63) is 88.8 Å². The molecule has 0 aliphatic rings. The van der Waals surface area contributed by atoms with E-state index >= 15 is 0 Å². The van der Waals surface area contributed by atoms with E-state index in [0.717, 1.165) is 27.5 Å². The van der Waals surface area contributed by atoms with Gasteiger partial charge >= 0.3 is 0 Å². The first kappa shape index (κ1) is 25.8. The third kappa shape index (κ3) is 7.58. The fourth-order valence-corrected chi connectivity index (χ4v) is 4.93. The number of nitrogens with zero attached hydrogens (tertiary/aromatic N) is 1. The molecule has 6 nitrogen and oxygen atoms in total. The van der Waals surface area contributed by atoms with Crippen LogP contribution in [0.4, 0.5) is 10.8 Å². The van der Waals surface area contributed by atoms with E-state index in [1.54, 1.807) is 12.1 Å². The molecule has 184 valence electrons. The van der Waals surface area contributed by atoms with Crippen LogP contribution in [0.5, 0.6) is 5.75 Å². The van der Waals surface area contributed by atoms with Gasteiger partial charge in [-0.1, -0.05) is 29.8 Å². The van der Waals surface area contributed by atoms with Gasteiger partial charge < -0.3 is 15.4 Å². The summed E-state index contributed by atoms with van der Waals surface area (Å²) in [4.78, 5) is 30.2. The van der Waals surface area contributed by atoms with Crippen molar-refractivity contribution in [3.8, 4) is 17.0 Å².